The van der Waals surface area contributed by atoms with Gasteiger partial charge in [0.05, 0.1) is 11.4 Å². The van der Waals surface area contributed by atoms with Crippen LogP contribution in [-0.4, -0.2) is 66.3 Å². The molecule has 1 fully saturated rings. The Morgan fingerprint density at radius 1 is 1.06 bits per heavy atom. The molecule has 8 nitrogen and oxygen atoms in total. The van der Waals surface area contributed by atoms with Gasteiger partial charge in [-0.25, -0.2) is 0 Å². The zero-order valence-corrected chi connectivity index (χ0v) is 20.5. The Labute approximate surface area is 210 Å². The Morgan fingerprint density at radius 3 is 2.61 bits per heavy atom. The lowest BCUT2D eigenvalue weighted by molar-refractivity contribution is -0.111. The minimum absolute atomic E-state index is 0.0157. The molecule has 8 heteroatoms. The number of hydrogen-bond acceptors (Lipinski definition) is 5. The van der Waals surface area contributed by atoms with Gasteiger partial charge in [-0.2, -0.15) is 0 Å². The van der Waals surface area contributed by atoms with Crippen LogP contribution in [0.2, 0.25) is 0 Å². The molecule has 2 amide bonds. The molecule has 0 radical (unpaired) electrons. The number of carbonyl (C=O) groups is 3. The topological polar surface area (TPSA) is 86.7 Å². The zero-order chi connectivity index (χ0) is 25.2. The molecular formula is C28H31N5O3. The number of nitrogens with one attached hydrogen (secondary N) is 2. The van der Waals surface area contributed by atoms with E-state index in [0.717, 1.165) is 54.9 Å². The number of aromatic nitrogens is 1. The lowest BCUT2D eigenvalue weighted by Gasteiger charge is -2.36. The van der Waals surface area contributed by atoms with E-state index in [0.29, 0.717) is 30.0 Å². The highest BCUT2D eigenvalue weighted by Gasteiger charge is 2.22. The van der Waals surface area contributed by atoms with Crippen molar-refractivity contribution in [2.75, 3.05) is 49.5 Å². The SMILES string of the molecule is C=CC(=O)Nc1cc(CC(=O)c2ccc3cc4n(c3c2)CCNC4=O)ccc1N1CCN(CC)CC1. The molecular weight excluding hydrogens is 454 g/mol. The molecule has 0 atom stereocenters. The number of benzene rings is 2. The van der Waals surface area contributed by atoms with Crippen molar-refractivity contribution < 1.29 is 14.4 Å². The number of amides is 2. The maximum Gasteiger partial charge on any atom is 0.268 e. The van der Waals surface area contributed by atoms with Crippen molar-refractivity contribution in [3.8, 4) is 0 Å². The predicted octanol–water partition coefficient (Wildman–Crippen LogP) is 3.08. The fourth-order valence-corrected chi connectivity index (χ4v) is 5.07. The van der Waals surface area contributed by atoms with E-state index < -0.39 is 0 Å². The number of carbonyl (C=O) groups excluding carboxylic acids is 3. The van der Waals surface area contributed by atoms with Crippen LogP contribution in [0.1, 0.15) is 33.3 Å². The van der Waals surface area contributed by atoms with E-state index in [1.165, 1.54) is 6.08 Å². The molecule has 0 aliphatic carbocycles. The van der Waals surface area contributed by atoms with Gasteiger partial charge in [-0.15, -0.1) is 0 Å². The monoisotopic (exact) mass is 485 g/mol. The number of fused-ring (bicyclic) bond motifs is 3. The van der Waals surface area contributed by atoms with Crippen LogP contribution in [0.4, 0.5) is 11.4 Å². The fourth-order valence-electron chi connectivity index (χ4n) is 5.07. The second-order valence-electron chi connectivity index (χ2n) is 9.28. The lowest BCUT2D eigenvalue weighted by atomic mass is 10.0. The second-order valence-corrected chi connectivity index (χ2v) is 9.28. The first kappa shape index (κ1) is 23.8. The Hall–Kier alpha value is -3.91. The van der Waals surface area contributed by atoms with Gasteiger partial charge in [-0.3, -0.25) is 14.4 Å². The first-order valence-electron chi connectivity index (χ1n) is 12.4. The van der Waals surface area contributed by atoms with Gasteiger partial charge < -0.3 is 25.0 Å². The minimum Gasteiger partial charge on any atom is -0.367 e. The van der Waals surface area contributed by atoms with E-state index in [4.69, 9.17) is 0 Å². The Morgan fingerprint density at radius 2 is 1.86 bits per heavy atom. The largest absolute Gasteiger partial charge is 0.367 e. The molecule has 0 spiro atoms. The van der Waals surface area contributed by atoms with Crippen LogP contribution in [0.25, 0.3) is 10.9 Å². The summed E-state index contributed by atoms with van der Waals surface area (Å²) in [7, 11) is 0. The summed E-state index contributed by atoms with van der Waals surface area (Å²) in [6, 6.07) is 13.3. The molecule has 3 heterocycles. The van der Waals surface area contributed by atoms with E-state index in [9.17, 15) is 14.4 Å². The van der Waals surface area contributed by atoms with Crippen LogP contribution in [0, 0.1) is 0 Å². The van der Waals surface area contributed by atoms with Crippen LogP contribution in [0.15, 0.2) is 55.1 Å². The maximum absolute atomic E-state index is 13.2. The third kappa shape index (κ3) is 4.64. The third-order valence-corrected chi connectivity index (χ3v) is 7.11. The van der Waals surface area contributed by atoms with Crippen molar-refractivity contribution in [1.82, 2.24) is 14.8 Å². The predicted molar refractivity (Wildman–Crippen MR) is 142 cm³/mol. The van der Waals surface area contributed by atoms with Gasteiger partial charge in [0.25, 0.3) is 5.91 Å². The van der Waals surface area contributed by atoms with Crippen LogP contribution in [-0.2, 0) is 17.8 Å². The molecule has 0 bridgehead atoms. The number of likely N-dealkylation sites (N-methyl/N-ethyl adjacent to an activating group) is 1. The molecule has 3 aromatic rings. The van der Waals surface area contributed by atoms with E-state index >= 15 is 0 Å². The van der Waals surface area contributed by atoms with Crippen LogP contribution < -0.4 is 15.5 Å². The summed E-state index contributed by atoms with van der Waals surface area (Å²) in [5.41, 5.74) is 4.59. The maximum atomic E-state index is 13.2. The lowest BCUT2D eigenvalue weighted by Crippen LogP contribution is -2.46. The van der Waals surface area contributed by atoms with Crippen molar-refractivity contribution in [2.24, 2.45) is 0 Å². The Balaban J connectivity index is 1.39. The van der Waals surface area contributed by atoms with Gasteiger partial charge in [0.2, 0.25) is 5.91 Å². The van der Waals surface area contributed by atoms with E-state index in [1.807, 2.05) is 47.0 Å². The molecule has 2 N–H and O–H groups in total. The molecule has 0 unspecified atom stereocenters. The molecule has 2 aliphatic heterocycles. The number of Topliss-reactive ketones (excluding diaryl/α,β-unsaturated/α-hetero) is 1. The number of hydrogen-bond donors (Lipinski definition) is 2. The van der Waals surface area contributed by atoms with Crippen molar-refractivity contribution >= 4 is 39.9 Å². The summed E-state index contributed by atoms with van der Waals surface area (Å²) < 4.78 is 1.97. The van der Waals surface area contributed by atoms with Crippen LogP contribution in [0.3, 0.4) is 0 Å². The van der Waals surface area contributed by atoms with Crippen molar-refractivity contribution in [1.29, 1.82) is 0 Å². The van der Waals surface area contributed by atoms with E-state index in [1.54, 1.807) is 0 Å². The number of anilines is 2. The molecule has 0 saturated carbocycles. The van der Waals surface area contributed by atoms with Crippen molar-refractivity contribution in [3.63, 3.8) is 0 Å². The van der Waals surface area contributed by atoms with Gasteiger partial charge in [0, 0.05) is 62.2 Å². The van der Waals surface area contributed by atoms with Gasteiger partial charge >= 0.3 is 0 Å². The van der Waals surface area contributed by atoms with Gasteiger partial charge in [-0.05, 0) is 42.4 Å². The number of nitrogens with zero attached hydrogens (tertiary/aromatic N) is 3. The highest BCUT2D eigenvalue weighted by Crippen LogP contribution is 2.30. The smallest absolute Gasteiger partial charge is 0.268 e. The summed E-state index contributed by atoms with van der Waals surface area (Å²) in [4.78, 5) is 42.3. The minimum atomic E-state index is -0.278. The van der Waals surface area contributed by atoms with Gasteiger partial charge in [0.15, 0.2) is 5.78 Å². The standard InChI is InChI=1S/C28H31N5O3/c1-3-27(35)30-22-15-19(5-8-23(22)32-13-11-31(4-2)12-14-32)16-26(34)21-7-6-20-17-25-28(36)29-9-10-33(25)24(20)18-21/h3,5-8,15,17-18H,1,4,9-14,16H2,2H3,(H,29,36)(H,30,35). The Kier molecular flexibility index (Phi) is 6.61. The second kappa shape index (κ2) is 9.99. The van der Waals surface area contributed by atoms with Crippen LogP contribution >= 0.6 is 0 Å². The highest BCUT2D eigenvalue weighted by atomic mass is 16.2. The number of rotatable bonds is 7. The number of ketones is 1. The van der Waals surface area contributed by atoms with Gasteiger partial charge in [-0.1, -0.05) is 31.7 Å². The van der Waals surface area contributed by atoms with Crippen molar-refractivity contribution in [3.05, 3.63) is 71.9 Å². The summed E-state index contributed by atoms with van der Waals surface area (Å²) in [5, 5.41) is 6.73. The quantitative estimate of drug-likeness (QED) is 0.397. The molecule has 2 aromatic carbocycles. The molecule has 186 valence electrons. The van der Waals surface area contributed by atoms with Crippen molar-refractivity contribution in [2.45, 2.75) is 19.9 Å². The highest BCUT2D eigenvalue weighted by molar-refractivity contribution is 6.04. The summed E-state index contributed by atoms with van der Waals surface area (Å²) >= 11 is 0. The molecule has 1 aromatic heterocycles. The molecule has 36 heavy (non-hydrogen) atoms. The Bertz CT molecular complexity index is 1350. The first-order valence-corrected chi connectivity index (χ1v) is 12.4. The average molecular weight is 486 g/mol. The average Bonchev–Trinajstić information content (AvgIpc) is 3.28. The molecule has 1 saturated heterocycles. The third-order valence-electron chi connectivity index (χ3n) is 7.11. The number of piperazine rings is 1. The van der Waals surface area contributed by atoms with E-state index in [-0.39, 0.29) is 24.0 Å². The first-order chi connectivity index (χ1) is 17.5. The van der Waals surface area contributed by atoms with Crippen LogP contribution in [0.5, 0.6) is 0 Å². The molecule has 2 aliphatic rings. The van der Waals surface area contributed by atoms with E-state index in [2.05, 4.69) is 33.9 Å². The zero-order valence-electron chi connectivity index (χ0n) is 20.5. The fraction of sp³-hybridized carbons (Fsp3) is 0.321. The normalized spacial score (nSPS) is 15.9. The van der Waals surface area contributed by atoms with Gasteiger partial charge in [0.1, 0.15) is 5.69 Å². The molecule has 5 rings (SSSR count). The summed E-state index contributed by atoms with van der Waals surface area (Å²) in [6.45, 7) is 11.7. The summed E-state index contributed by atoms with van der Waals surface area (Å²) in [6.07, 6.45) is 1.46. The summed E-state index contributed by atoms with van der Waals surface area (Å²) in [5.74, 6) is -0.381.